The molecule has 0 amide bonds. The molecule has 2 rings (SSSR count). The van der Waals surface area contributed by atoms with Gasteiger partial charge in [0.1, 0.15) is 5.75 Å². The van der Waals surface area contributed by atoms with Gasteiger partial charge in [0.05, 0.1) is 32.2 Å². The Morgan fingerprint density at radius 3 is 2.50 bits per heavy atom. The van der Waals surface area contributed by atoms with E-state index in [-0.39, 0.29) is 12.3 Å². The Labute approximate surface area is 131 Å². The highest BCUT2D eigenvalue weighted by Crippen LogP contribution is 2.26. The molecule has 118 valence electrons. The lowest BCUT2D eigenvalue weighted by Gasteiger charge is -2.22. The van der Waals surface area contributed by atoms with E-state index in [1.165, 1.54) is 0 Å². The predicted molar refractivity (Wildman–Crippen MR) is 87.5 cm³/mol. The van der Waals surface area contributed by atoms with Crippen LogP contribution in [0.15, 0.2) is 40.7 Å². The minimum atomic E-state index is 0.0539. The number of carbonyl (C=O) groups excluding carboxylic acids is 1. The number of allylic oxidation sites excluding steroid dienone is 2. The Hall–Kier alpha value is -2.30. The molecule has 0 radical (unpaired) electrons. The van der Waals surface area contributed by atoms with Crippen LogP contribution in [0.5, 0.6) is 5.75 Å². The van der Waals surface area contributed by atoms with Crippen LogP contribution in [-0.2, 0) is 9.53 Å². The molecule has 1 aromatic rings. The standard InChI is InChI=1S/C17H22N2O3/c1-12(20)11-18-15-5-4-6-16(17(15)22-3)19-13-7-9-14(21-2)10-8-13/h7-10,19H,4-6,11H2,1-3H3. The largest absolute Gasteiger partial charge is 0.497 e. The first kappa shape index (κ1) is 16.1. The highest BCUT2D eigenvalue weighted by molar-refractivity contribution is 6.01. The summed E-state index contributed by atoms with van der Waals surface area (Å²) in [6, 6.07) is 7.73. The van der Waals surface area contributed by atoms with Gasteiger partial charge >= 0.3 is 0 Å². The Bertz CT molecular complexity index is 588. The molecule has 0 saturated heterocycles. The molecule has 1 aliphatic carbocycles. The number of benzene rings is 1. The van der Waals surface area contributed by atoms with Crippen molar-refractivity contribution in [2.24, 2.45) is 4.99 Å². The summed E-state index contributed by atoms with van der Waals surface area (Å²) in [5.74, 6) is 1.63. The lowest BCUT2D eigenvalue weighted by molar-refractivity contribution is -0.115. The molecule has 0 saturated carbocycles. The van der Waals surface area contributed by atoms with E-state index in [2.05, 4.69) is 10.3 Å². The van der Waals surface area contributed by atoms with Crippen LogP contribution in [0.4, 0.5) is 5.69 Å². The van der Waals surface area contributed by atoms with Crippen molar-refractivity contribution >= 4 is 17.2 Å². The number of methoxy groups -OCH3 is 2. The Balaban J connectivity index is 2.21. The fraction of sp³-hybridized carbons (Fsp3) is 0.412. The number of aliphatic imine (C=N–C) groups is 1. The number of nitrogens with zero attached hydrogens (tertiary/aromatic N) is 1. The van der Waals surface area contributed by atoms with Crippen LogP contribution in [0.3, 0.4) is 0 Å². The minimum absolute atomic E-state index is 0.0539. The Morgan fingerprint density at radius 2 is 1.91 bits per heavy atom. The minimum Gasteiger partial charge on any atom is -0.497 e. The molecular weight excluding hydrogens is 280 g/mol. The highest BCUT2D eigenvalue weighted by Gasteiger charge is 2.20. The molecule has 5 heteroatoms. The van der Waals surface area contributed by atoms with Crippen LogP contribution in [0.2, 0.25) is 0 Å². The van der Waals surface area contributed by atoms with Crippen molar-refractivity contribution in [2.45, 2.75) is 26.2 Å². The maximum absolute atomic E-state index is 11.1. The normalized spacial score (nSPS) is 16.6. The highest BCUT2D eigenvalue weighted by atomic mass is 16.5. The molecule has 0 aromatic heterocycles. The van der Waals surface area contributed by atoms with Crippen LogP contribution >= 0.6 is 0 Å². The van der Waals surface area contributed by atoms with E-state index in [9.17, 15) is 4.79 Å². The smallest absolute Gasteiger partial charge is 0.159 e. The van der Waals surface area contributed by atoms with Gasteiger partial charge < -0.3 is 14.8 Å². The van der Waals surface area contributed by atoms with Crippen molar-refractivity contribution in [3.63, 3.8) is 0 Å². The molecule has 1 N–H and O–H groups in total. The van der Waals surface area contributed by atoms with Gasteiger partial charge in [-0.05, 0) is 50.5 Å². The molecule has 0 aliphatic heterocycles. The summed E-state index contributed by atoms with van der Waals surface area (Å²) in [6.07, 6.45) is 2.72. The van der Waals surface area contributed by atoms with Gasteiger partial charge in [-0.2, -0.15) is 0 Å². The second kappa shape index (κ2) is 7.64. The average Bonchev–Trinajstić information content (AvgIpc) is 2.53. The van der Waals surface area contributed by atoms with E-state index in [1.54, 1.807) is 21.1 Å². The Kier molecular flexibility index (Phi) is 5.58. The quantitative estimate of drug-likeness (QED) is 0.876. The van der Waals surface area contributed by atoms with E-state index in [1.807, 2.05) is 24.3 Å². The molecule has 0 heterocycles. The molecule has 1 aliphatic rings. The van der Waals surface area contributed by atoms with Crippen LogP contribution in [0.25, 0.3) is 0 Å². The zero-order chi connectivity index (χ0) is 15.9. The number of ketones is 1. The predicted octanol–water partition coefficient (Wildman–Crippen LogP) is 3.18. The molecule has 0 atom stereocenters. The fourth-order valence-corrected chi connectivity index (χ4v) is 2.40. The molecule has 22 heavy (non-hydrogen) atoms. The average molecular weight is 302 g/mol. The summed E-state index contributed by atoms with van der Waals surface area (Å²) in [5, 5.41) is 3.38. The number of ether oxygens (including phenoxy) is 2. The number of hydrogen-bond donors (Lipinski definition) is 1. The molecular formula is C17H22N2O3. The third-order valence-electron chi connectivity index (χ3n) is 3.46. The molecule has 0 spiro atoms. The molecule has 1 aromatic carbocycles. The zero-order valence-corrected chi connectivity index (χ0v) is 13.3. The summed E-state index contributed by atoms with van der Waals surface area (Å²) < 4.78 is 10.7. The first-order valence-electron chi connectivity index (χ1n) is 7.35. The topological polar surface area (TPSA) is 59.9 Å². The van der Waals surface area contributed by atoms with Crippen molar-refractivity contribution in [3.8, 4) is 5.75 Å². The number of nitrogens with one attached hydrogen (secondary N) is 1. The third-order valence-corrected chi connectivity index (χ3v) is 3.46. The van der Waals surface area contributed by atoms with Crippen molar-refractivity contribution in [1.82, 2.24) is 0 Å². The van der Waals surface area contributed by atoms with Gasteiger partial charge in [-0.25, -0.2) is 0 Å². The number of carbonyl (C=O) groups is 1. The van der Waals surface area contributed by atoms with Gasteiger partial charge in [-0.3, -0.25) is 9.79 Å². The van der Waals surface area contributed by atoms with Crippen molar-refractivity contribution in [1.29, 1.82) is 0 Å². The molecule has 5 nitrogen and oxygen atoms in total. The van der Waals surface area contributed by atoms with Crippen molar-refractivity contribution < 1.29 is 14.3 Å². The van der Waals surface area contributed by atoms with Gasteiger partial charge in [0.2, 0.25) is 0 Å². The summed E-state index contributed by atoms with van der Waals surface area (Å²) in [5.41, 5.74) is 2.83. The maximum Gasteiger partial charge on any atom is 0.159 e. The number of Topliss-reactive ketones (excluding diaryl/α,β-unsaturated/α-hetero) is 1. The maximum atomic E-state index is 11.1. The van der Waals surface area contributed by atoms with Crippen LogP contribution in [-0.4, -0.2) is 32.3 Å². The van der Waals surface area contributed by atoms with Crippen LogP contribution in [0.1, 0.15) is 26.2 Å². The van der Waals surface area contributed by atoms with E-state index in [0.29, 0.717) is 0 Å². The van der Waals surface area contributed by atoms with Crippen LogP contribution < -0.4 is 10.1 Å². The SMILES string of the molecule is COC1=C(Nc2ccc(OC)cc2)CCCC1=NCC(C)=O. The first-order valence-corrected chi connectivity index (χ1v) is 7.35. The summed E-state index contributed by atoms with van der Waals surface area (Å²) in [6.45, 7) is 1.75. The van der Waals surface area contributed by atoms with Gasteiger partial charge in [-0.1, -0.05) is 0 Å². The van der Waals surface area contributed by atoms with Gasteiger partial charge in [-0.15, -0.1) is 0 Å². The van der Waals surface area contributed by atoms with Crippen molar-refractivity contribution in [2.75, 3.05) is 26.1 Å². The van der Waals surface area contributed by atoms with Gasteiger partial charge in [0, 0.05) is 5.69 Å². The summed E-state index contributed by atoms with van der Waals surface area (Å²) >= 11 is 0. The van der Waals surface area contributed by atoms with Gasteiger partial charge in [0.25, 0.3) is 0 Å². The summed E-state index contributed by atoms with van der Waals surface area (Å²) in [7, 11) is 3.28. The second-order valence-corrected chi connectivity index (χ2v) is 5.18. The number of anilines is 1. The Morgan fingerprint density at radius 1 is 1.18 bits per heavy atom. The first-order chi connectivity index (χ1) is 10.6. The van der Waals surface area contributed by atoms with Gasteiger partial charge in [0.15, 0.2) is 11.5 Å². The second-order valence-electron chi connectivity index (χ2n) is 5.18. The van der Waals surface area contributed by atoms with E-state index >= 15 is 0 Å². The molecule has 0 fully saturated rings. The molecule has 0 unspecified atom stereocenters. The monoisotopic (exact) mass is 302 g/mol. The lowest BCUT2D eigenvalue weighted by Crippen LogP contribution is -2.19. The number of rotatable bonds is 6. The fourth-order valence-electron chi connectivity index (χ4n) is 2.40. The third kappa shape index (κ3) is 4.10. The van der Waals surface area contributed by atoms with Crippen molar-refractivity contribution in [3.05, 3.63) is 35.7 Å². The van der Waals surface area contributed by atoms with E-state index in [0.717, 1.165) is 47.9 Å². The van der Waals surface area contributed by atoms with Crippen LogP contribution in [0, 0.1) is 0 Å². The van der Waals surface area contributed by atoms with E-state index < -0.39 is 0 Å². The molecule has 0 bridgehead atoms. The number of hydrogen-bond acceptors (Lipinski definition) is 5. The summed E-state index contributed by atoms with van der Waals surface area (Å²) in [4.78, 5) is 15.5. The lowest BCUT2D eigenvalue weighted by atomic mass is 10.00. The zero-order valence-electron chi connectivity index (χ0n) is 13.3. The van der Waals surface area contributed by atoms with E-state index in [4.69, 9.17) is 9.47 Å².